The maximum Gasteiger partial charge on any atom is 0.300 e. The molecule has 1 aromatic rings. The number of hydrogen-bond donors (Lipinski definition) is 1. The molecule has 0 bridgehead atoms. The van der Waals surface area contributed by atoms with E-state index in [1.54, 1.807) is 0 Å². The van der Waals surface area contributed by atoms with Crippen molar-refractivity contribution >= 4 is 29.1 Å². The third-order valence-corrected chi connectivity index (χ3v) is 2.01. The molecule has 84 valence electrons. The number of nitro benzene ring substituents is 1. The summed E-state index contributed by atoms with van der Waals surface area (Å²) >= 11 is 5.60. The molecule has 16 heavy (non-hydrogen) atoms. The molecule has 0 saturated heterocycles. The fourth-order valence-electron chi connectivity index (χ4n) is 1.11. The number of nitro groups is 1. The minimum Gasteiger partial charge on any atom is -0.292 e. The summed E-state index contributed by atoms with van der Waals surface area (Å²) in [5, 5.41) is 12.5. The Labute approximate surface area is 95.4 Å². The summed E-state index contributed by atoms with van der Waals surface area (Å²) in [5.74, 6) is -1.44. The van der Waals surface area contributed by atoms with Crippen LogP contribution in [0.5, 0.6) is 0 Å². The highest BCUT2D eigenvalue weighted by Gasteiger charge is 2.23. The average molecular weight is 243 g/mol. The van der Waals surface area contributed by atoms with E-state index in [2.05, 4.69) is 0 Å². The molecule has 0 saturated carbocycles. The molecule has 1 rings (SSSR count). The normalized spacial score (nSPS) is 9.62. The Kier molecular flexibility index (Phi) is 3.57. The Hall–Kier alpha value is -1.95. The quantitative estimate of drug-likeness (QED) is 0.629. The van der Waals surface area contributed by atoms with E-state index in [-0.39, 0.29) is 10.6 Å². The van der Waals surface area contributed by atoms with E-state index in [4.69, 9.17) is 11.6 Å². The lowest BCUT2D eigenvalue weighted by molar-refractivity contribution is -0.385. The van der Waals surface area contributed by atoms with Gasteiger partial charge in [0, 0.05) is 6.92 Å². The van der Waals surface area contributed by atoms with Crippen LogP contribution in [0.15, 0.2) is 18.2 Å². The molecule has 0 unspecified atom stereocenters. The van der Waals surface area contributed by atoms with Gasteiger partial charge in [-0.3, -0.25) is 25.0 Å². The van der Waals surface area contributed by atoms with Crippen LogP contribution in [0.2, 0.25) is 5.02 Å². The van der Waals surface area contributed by atoms with Gasteiger partial charge in [-0.1, -0.05) is 17.7 Å². The summed E-state index contributed by atoms with van der Waals surface area (Å²) in [6, 6.07) is 3.91. The van der Waals surface area contributed by atoms with Gasteiger partial charge in [-0.15, -0.1) is 0 Å². The Morgan fingerprint density at radius 2 is 2.06 bits per heavy atom. The molecule has 6 nitrogen and oxygen atoms in total. The first-order chi connectivity index (χ1) is 7.43. The molecule has 0 fully saturated rings. The van der Waals surface area contributed by atoms with Gasteiger partial charge < -0.3 is 0 Å². The maximum absolute atomic E-state index is 11.4. The van der Waals surface area contributed by atoms with Gasteiger partial charge in [0.1, 0.15) is 10.6 Å². The third kappa shape index (κ3) is 2.54. The van der Waals surface area contributed by atoms with Gasteiger partial charge >= 0.3 is 5.69 Å². The third-order valence-electron chi connectivity index (χ3n) is 1.70. The Balaban J connectivity index is 3.23. The van der Waals surface area contributed by atoms with Crippen molar-refractivity contribution < 1.29 is 14.5 Å². The Morgan fingerprint density at radius 3 is 2.56 bits per heavy atom. The molecule has 0 aliphatic heterocycles. The minimum atomic E-state index is -0.846. The number of nitrogens with zero attached hydrogens (tertiary/aromatic N) is 1. The summed E-state index contributed by atoms with van der Waals surface area (Å²) in [5.41, 5.74) is -0.754. The predicted molar refractivity (Wildman–Crippen MR) is 56.3 cm³/mol. The molecule has 0 aromatic heterocycles. The largest absolute Gasteiger partial charge is 0.300 e. The van der Waals surface area contributed by atoms with Crippen LogP contribution < -0.4 is 5.32 Å². The van der Waals surface area contributed by atoms with Gasteiger partial charge in [0.15, 0.2) is 0 Å². The van der Waals surface area contributed by atoms with E-state index in [0.717, 1.165) is 6.92 Å². The van der Waals surface area contributed by atoms with Crippen LogP contribution in [0, 0.1) is 10.1 Å². The number of imide groups is 1. The standard InChI is InChI=1S/C9H7ClN2O4/c1-5(13)11-9(14)6-3-2-4-7(10)8(6)12(15)16/h2-4H,1H3,(H,11,13,14). The van der Waals surface area contributed by atoms with Crippen LogP contribution >= 0.6 is 11.6 Å². The average Bonchev–Trinajstić information content (AvgIpc) is 2.15. The molecular weight excluding hydrogens is 236 g/mol. The number of rotatable bonds is 2. The van der Waals surface area contributed by atoms with Crippen LogP contribution in [0.1, 0.15) is 17.3 Å². The first-order valence-corrected chi connectivity index (χ1v) is 4.56. The van der Waals surface area contributed by atoms with Crippen molar-refractivity contribution in [3.8, 4) is 0 Å². The van der Waals surface area contributed by atoms with Crippen molar-refractivity contribution in [1.29, 1.82) is 0 Å². The zero-order chi connectivity index (χ0) is 12.3. The van der Waals surface area contributed by atoms with Gasteiger partial charge in [0.2, 0.25) is 5.91 Å². The fourth-order valence-corrected chi connectivity index (χ4v) is 1.35. The summed E-state index contributed by atoms with van der Waals surface area (Å²) in [4.78, 5) is 32.0. The number of carbonyl (C=O) groups excluding carboxylic acids is 2. The molecule has 0 radical (unpaired) electrons. The van der Waals surface area contributed by atoms with Crippen LogP contribution in [-0.4, -0.2) is 16.7 Å². The lowest BCUT2D eigenvalue weighted by Crippen LogP contribution is -2.28. The second-order valence-electron chi connectivity index (χ2n) is 2.90. The van der Waals surface area contributed by atoms with E-state index in [1.807, 2.05) is 5.32 Å². The summed E-state index contributed by atoms with van der Waals surface area (Å²) in [7, 11) is 0. The summed E-state index contributed by atoms with van der Waals surface area (Å²) in [6.45, 7) is 1.13. The fraction of sp³-hybridized carbons (Fsp3) is 0.111. The summed E-state index contributed by atoms with van der Waals surface area (Å²) in [6.07, 6.45) is 0. The van der Waals surface area contributed by atoms with Crippen LogP contribution in [0.3, 0.4) is 0 Å². The first kappa shape index (κ1) is 12.1. The monoisotopic (exact) mass is 242 g/mol. The number of halogens is 1. The number of nitrogens with one attached hydrogen (secondary N) is 1. The van der Waals surface area contributed by atoms with Crippen LogP contribution in [0.25, 0.3) is 0 Å². The predicted octanol–water partition coefficient (Wildman–Crippen LogP) is 1.52. The number of hydrogen-bond acceptors (Lipinski definition) is 4. The molecule has 7 heteroatoms. The maximum atomic E-state index is 11.4. The molecule has 1 aromatic carbocycles. The molecule has 1 N–H and O–H groups in total. The topological polar surface area (TPSA) is 89.3 Å². The van der Waals surface area contributed by atoms with Crippen molar-refractivity contribution in [3.63, 3.8) is 0 Å². The van der Waals surface area contributed by atoms with Crippen molar-refractivity contribution in [3.05, 3.63) is 38.9 Å². The van der Waals surface area contributed by atoms with E-state index in [1.165, 1.54) is 18.2 Å². The summed E-state index contributed by atoms with van der Waals surface area (Å²) < 4.78 is 0. The van der Waals surface area contributed by atoms with E-state index in [0.29, 0.717) is 0 Å². The highest BCUT2D eigenvalue weighted by atomic mass is 35.5. The molecular formula is C9H7ClN2O4. The minimum absolute atomic E-state index is 0.152. The highest BCUT2D eigenvalue weighted by Crippen LogP contribution is 2.27. The first-order valence-electron chi connectivity index (χ1n) is 4.18. The Morgan fingerprint density at radius 1 is 1.44 bits per heavy atom. The van der Waals surface area contributed by atoms with Gasteiger partial charge in [-0.25, -0.2) is 0 Å². The van der Waals surface area contributed by atoms with E-state index >= 15 is 0 Å². The molecule has 2 amide bonds. The van der Waals surface area contributed by atoms with Crippen LogP contribution in [-0.2, 0) is 4.79 Å². The second-order valence-corrected chi connectivity index (χ2v) is 3.31. The number of amides is 2. The second kappa shape index (κ2) is 4.71. The van der Waals surface area contributed by atoms with Gasteiger partial charge in [-0.2, -0.15) is 0 Å². The van der Waals surface area contributed by atoms with Gasteiger partial charge in [0.25, 0.3) is 5.91 Å². The molecule has 0 aliphatic carbocycles. The lowest BCUT2D eigenvalue weighted by atomic mass is 10.1. The lowest BCUT2D eigenvalue weighted by Gasteiger charge is -2.03. The van der Waals surface area contributed by atoms with Crippen molar-refractivity contribution in [2.75, 3.05) is 0 Å². The number of benzene rings is 1. The Bertz CT molecular complexity index is 473. The van der Waals surface area contributed by atoms with Crippen molar-refractivity contribution in [2.24, 2.45) is 0 Å². The van der Waals surface area contributed by atoms with Crippen LogP contribution in [0.4, 0.5) is 5.69 Å². The highest BCUT2D eigenvalue weighted by molar-refractivity contribution is 6.33. The zero-order valence-electron chi connectivity index (χ0n) is 8.19. The van der Waals surface area contributed by atoms with Crippen molar-refractivity contribution in [2.45, 2.75) is 6.92 Å². The SMILES string of the molecule is CC(=O)NC(=O)c1cccc(Cl)c1[N+](=O)[O-]. The zero-order valence-corrected chi connectivity index (χ0v) is 8.95. The van der Waals surface area contributed by atoms with Crippen molar-refractivity contribution in [1.82, 2.24) is 5.32 Å². The number of carbonyl (C=O) groups is 2. The van der Waals surface area contributed by atoms with Gasteiger partial charge in [-0.05, 0) is 12.1 Å². The van der Waals surface area contributed by atoms with E-state index in [9.17, 15) is 19.7 Å². The van der Waals surface area contributed by atoms with E-state index < -0.39 is 22.4 Å². The molecule has 0 heterocycles. The van der Waals surface area contributed by atoms with Gasteiger partial charge in [0.05, 0.1) is 4.92 Å². The molecule has 0 atom stereocenters. The number of para-hydroxylation sites is 1. The molecule has 0 aliphatic rings. The molecule has 0 spiro atoms. The smallest absolute Gasteiger partial charge is 0.292 e.